The van der Waals surface area contributed by atoms with Crippen molar-refractivity contribution in [3.05, 3.63) is 75.7 Å². The molecular weight excluding hydrogens is 485 g/mol. The third kappa shape index (κ3) is 3.62. The van der Waals surface area contributed by atoms with Crippen molar-refractivity contribution in [1.82, 2.24) is 19.0 Å². The number of pyridine rings is 1. The molecule has 184 valence electrons. The van der Waals surface area contributed by atoms with Crippen molar-refractivity contribution in [2.45, 2.75) is 31.5 Å². The Balaban J connectivity index is 0.00000253. The molecule has 1 aliphatic carbocycles. The molecule has 2 aromatic heterocycles. The molecule has 1 saturated carbocycles. The first-order valence-electron chi connectivity index (χ1n) is 11.1. The predicted octanol–water partition coefficient (Wildman–Crippen LogP) is 3.59. The molecule has 6 rings (SSSR count). The molecule has 0 bridgehead atoms. The molecule has 2 aliphatic heterocycles. The fourth-order valence-corrected chi connectivity index (χ4v) is 5.32. The summed E-state index contributed by atoms with van der Waals surface area (Å²) in [5.41, 5.74) is 0.420. The van der Waals surface area contributed by atoms with Gasteiger partial charge in [0, 0.05) is 42.7 Å². The van der Waals surface area contributed by atoms with Crippen LogP contribution < -0.4 is 10.3 Å². The van der Waals surface area contributed by atoms with Crippen LogP contribution in [0.4, 0.5) is 13.2 Å². The van der Waals surface area contributed by atoms with Crippen molar-refractivity contribution in [3.63, 3.8) is 0 Å². The number of amides is 1. The number of ether oxygens (including phenoxy) is 1. The van der Waals surface area contributed by atoms with Gasteiger partial charge in [0.05, 0.1) is 24.2 Å². The normalized spacial score (nSPS) is 22.5. The van der Waals surface area contributed by atoms with Gasteiger partial charge in [-0.25, -0.2) is 4.98 Å². The number of aryl methyl sites for hydroxylation is 1. The average molecular weight is 507 g/mol. The highest BCUT2D eigenvalue weighted by atomic mass is 35.5. The van der Waals surface area contributed by atoms with Crippen molar-refractivity contribution in [1.29, 1.82) is 0 Å². The van der Waals surface area contributed by atoms with E-state index in [1.54, 1.807) is 34.1 Å². The van der Waals surface area contributed by atoms with E-state index in [2.05, 4.69) is 4.98 Å². The summed E-state index contributed by atoms with van der Waals surface area (Å²) in [4.78, 5) is 32.2. The van der Waals surface area contributed by atoms with Crippen molar-refractivity contribution in [2.75, 3.05) is 19.7 Å². The van der Waals surface area contributed by atoms with Gasteiger partial charge in [0.1, 0.15) is 17.1 Å². The van der Waals surface area contributed by atoms with E-state index < -0.39 is 17.2 Å². The number of rotatable bonds is 3. The van der Waals surface area contributed by atoms with Gasteiger partial charge in [-0.1, -0.05) is 0 Å². The second kappa shape index (κ2) is 7.87. The molecule has 2 atom stereocenters. The molecule has 0 unspecified atom stereocenters. The Bertz CT molecular complexity index is 1400. The number of carbonyl (C=O) groups excluding carboxylic acids is 1. The predicted molar refractivity (Wildman–Crippen MR) is 122 cm³/mol. The highest BCUT2D eigenvalue weighted by molar-refractivity contribution is 5.93. The van der Waals surface area contributed by atoms with E-state index in [0.717, 1.165) is 11.8 Å². The smallest absolute Gasteiger partial charge is 0.416 e. The van der Waals surface area contributed by atoms with Gasteiger partial charge in [-0.05, 0) is 43.7 Å². The van der Waals surface area contributed by atoms with E-state index in [1.165, 1.54) is 16.7 Å². The maximum Gasteiger partial charge on any atom is 0.416 e. The van der Waals surface area contributed by atoms with Gasteiger partial charge in [-0.2, -0.15) is 13.2 Å². The molecule has 1 amide bonds. The van der Waals surface area contributed by atoms with Crippen molar-refractivity contribution >= 4 is 18.3 Å². The minimum absolute atomic E-state index is 0. The minimum atomic E-state index is -4.45. The second-order valence-corrected chi connectivity index (χ2v) is 9.29. The number of hydrogen-bond donors (Lipinski definition) is 0. The molecule has 1 fully saturated rings. The molecule has 3 aliphatic rings. The molecule has 7 nitrogen and oxygen atoms in total. The van der Waals surface area contributed by atoms with Crippen LogP contribution in [0.2, 0.25) is 0 Å². The molecule has 3 aromatic rings. The summed E-state index contributed by atoms with van der Waals surface area (Å²) in [7, 11) is 0. The number of carbonyl (C=O) groups is 1. The first kappa shape index (κ1) is 23.5. The van der Waals surface area contributed by atoms with E-state index in [9.17, 15) is 22.8 Å². The van der Waals surface area contributed by atoms with Crippen molar-refractivity contribution < 1.29 is 22.7 Å². The summed E-state index contributed by atoms with van der Waals surface area (Å²) >= 11 is 0. The van der Waals surface area contributed by atoms with Crippen LogP contribution in [-0.2, 0) is 18.1 Å². The van der Waals surface area contributed by atoms with Gasteiger partial charge in [0.15, 0.2) is 0 Å². The zero-order chi connectivity index (χ0) is 23.8. The standard InChI is InChI=1S/C24H21F3N4O3.ClH/c1-14-10-30(13-28-14)18-3-4-19-21(32)29(6-7-31(19)22(18)33)12-23-9-16(23)11-34-20-5-2-15(8-17(20)23)24(25,26)27;/h2-5,8,10,13,16H,6-7,9,11-12H2,1H3;1H/t16-,23+;/m1./s1. The largest absolute Gasteiger partial charge is 0.493 e. The maximum absolute atomic E-state index is 13.4. The van der Waals surface area contributed by atoms with Crippen LogP contribution in [0.5, 0.6) is 5.75 Å². The summed E-state index contributed by atoms with van der Waals surface area (Å²) in [5.74, 6) is 0.215. The van der Waals surface area contributed by atoms with Gasteiger partial charge in [-0.3, -0.25) is 9.59 Å². The summed E-state index contributed by atoms with van der Waals surface area (Å²) in [6, 6.07) is 6.81. The van der Waals surface area contributed by atoms with Gasteiger partial charge in [0.2, 0.25) is 0 Å². The maximum atomic E-state index is 13.4. The highest BCUT2D eigenvalue weighted by Crippen LogP contribution is 2.60. The van der Waals surface area contributed by atoms with Crippen LogP contribution in [0.1, 0.15) is 33.7 Å². The molecule has 0 radical (unpaired) electrons. The fourth-order valence-electron chi connectivity index (χ4n) is 5.32. The van der Waals surface area contributed by atoms with Gasteiger partial charge < -0.3 is 18.8 Å². The SMILES string of the molecule is Cc1cn(-c2ccc3n(c2=O)CCN(C[C@@]24C[C@@H]2COc2ccc(C(F)(F)F)cc24)C3=O)cn1.Cl. The Labute approximate surface area is 204 Å². The van der Waals surface area contributed by atoms with Crippen molar-refractivity contribution in [3.8, 4) is 11.4 Å². The Morgan fingerprint density at radius 3 is 2.69 bits per heavy atom. The second-order valence-electron chi connectivity index (χ2n) is 9.29. The summed E-state index contributed by atoms with van der Waals surface area (Å²) in [6.07, 6.45) is -0.494. The number of imidazole rings is 1. The van der Waals surface area contributed by atoms with E-state index in [-0.39, 0.29) is 35.5 Å². The first-order valence-corrected chi connectivity index (χ1v) is 11.1. The molecule has 0 saturated heterocycles. The topological polar surface area (TPSA) is 69.4 Å². The average Bonchev–Trinajstić information content (AvgIpc) is 3.37. The third-order valence-electron chi connectivity index (χ3n) is 7.23. The van der Waals surface area contributed by atoms with Gasteiger partial charge in [0.25, 0.3) is 11.5 Å². The summed E-state index contributed by atoms with van der Waals surface area (Å²) in [6.45, 7) is 3.16. The van der Waals surface area contributed by atoms with Crippen molar-refractivity contribution in [2.24, 2.45) is 5.92 Å². The molecule has 0 spiro atoms. The fraction of sp³-hybridized carbons (Fsp3) is 0.375. The number of hydrogen-bond acceptors (Lipinski definition) is 4. The first-order chi connectivity index (χ1) is 16.2. The van der Waals surface area contributed by atoms with E-state index in [0.29, 0.717) is 49.7 Å². The number of aromatic nitrogens is 3. The third-order valence-corrected chi connectivity index (χ3v) is 7.23. The quantitative estimate of drug-likeness (QED) is 0.544. The number of benzene rings is 1. The zero-order valence-corrected chi connectivity index (χ0v) is 19.5. The van der Waals surface area contributed by atoms with Crippen LogP contribution in [0.3, 0.4) is 0 Å². The Hall–Kier alpha value is -3.27. The minimum Gasteiger partial charge on any atom is -0.493 e. The lowest BCUT2D eigenvalue weighted by Gasteiger charge is -2.35. The zero-order valence-electron chi connectivity index (χ0n) is 18.7. The molecule has 4 heterocycles. The van der Waals surface area contributed by atoms with E-state index in [4.69, 9.17) is 4.74 Å². The van der Waals surface area contributed by atoms with Gasteiger partial charge in [-0.15, -0.1) is 12.4 Å². The lowest BCUT2D eigenvalue weighted by Crippen LogP contribution is -2.48. The van der Waals surface area contributed by atoms with E-state index >= 15 is 0 Å². The van der Waals surface area contributed by atoms with E-state index in [1.807, 2.05) is 6.92 Å². The van der Waals surface area contributed by atoms with Crippen LogP contribution in [0.25, 0.3) is 5.69 Å². The number of nitrogens with zero attached hydrogens (tertiary/aromatic N) is 4. The molecule has 11 heteroatoms. The Morgan fingerprint density at radius 1 is 1.17 bits per heavy atom. The van der Waals surface area contributed by atoms with Crippen LogP contribution in [0.15, 0.2) is 47.7 Å². The summed E-state index contributed by atoms with van der Waals surface area (Å²) < 4.78 is 48.9. The van der Waals surface area contributed by atoms with Crippen LogP contribution in [0, 0.1) is 12.8 Å². The summed E-state index contributed by atoms with van der Waals surface area (Å²) in [5, 5.41) is 0. The van der Waals surface area contributed by atoms with Crippen LogP contribution >= 0.6 is 12.4 Å². The van der Waals surface area contributed by atoms with Gasteiger partial charge >= 0.3 is 6.18 Å². The monoisotopic (exact) mass is 506 g/mol. The lowest BCUT2D eigenvalue weighted by molar-refractivity contribution is -0.137. The number of halogens is 4. The molecule has 35 heavy (non-hydrogen) atoms. The Kier molecular flexibility index (Phi) is 5.28. The molecular formula is C24H22ClF3N4O3. The lowest BCUT2D eigenvalue weighted by atomic mass is 9.88. The molecule has 0 N–H and O–H groups in total. The number of fused-ring (bicyclic) bond motifs is 4. The Morgan fingerprint density at radius 2 is 1.97 bits per heavy atom. The number of alkyl halides is 3. The molecule has 1 aromatic carbocycles. The highest BCUT2D eigenvalue weighted by Gasteiger charge is 2.60. The van der Waals surface area contributed by atoms with Crippen LogP contribution in [-0.4, -0.2) is 44.6 Å².